The van der Waals surface area contributed by atoms with Crippen LogP contribution < -0.4 is 5.73 Å². The Balaban J connectivity index is 2.19. The van der Waals surface area contributed by atoms with E-state index in [4.69, 9.17) is 15.2 Å². The van der Waals surface area contributed by atoms with Crippen molar-refractivity contribution in [3.63, 3.8) is 0 Å². The summed E-state index contributed by atoms with van der Waals surface area (Å²) in [6, 6.07) is 1.83. The molecule has 6 heteroatoms. The van der Waals surface area contributed by atoms with Gasteiger partial charge in [0, 0.05) is 24.0 Å². The zero-order valence-electron chi connectivity index (χ0n) is 9.83. The first-order valence-electron chi connectivity index (χ1n) is 5.31. The number of aromatic nitrogens is 1. The van der Waals surface area contributed by atoms with Crippen LogP contribution in [0.1, 0.15) is 0 Å². The minimum Gasteiger partial charge on any atom is -0.397 e. The number of aliphatic hydroxyl groups excluding tert-OH is 1. The first-order valence-corrected chi connectivity index (χ1v) is 6.29. The molecule has 1 atom stereocenters. The van der Waals surface area contributed by atoms with Crippen molar-refractivity contribution in [2.24, 2.45) is 0 Å². The summed E-state index contributed by atoms with van der Waals surface area (Å²) >= 11 is 1.49. The number of rotatable bonds is 8. The van der Waals surface area contributed by atoms with Gasteiger partial charge in [0.25, 0.3) is 0 Å². The maximum Gasteiger partial charge on any atom is 0.0867 e. The molecule has 1 aromatic rings. The predicted molar refractivity (Wildman–Crippen MR) is 68.1 cm³/mol. The summed E-state index contributed by atoms with van der Waals surface area (Å²) in [5, 5.41) is 9.66. The molecule has 0 radical (unpaired) electrons. The number of hydrogen-bond acceptors (Lipinski definition) is 6. The molecule has 0 amide bonds. The van der Waals surface area contributed by atoms with Gasteiger partial charge in [0.15, 0.2) is 0 Å². The highest BCUT2D eigenvalue weighted by Crippen LogP contribution is 2.23. The molecule has 0 aliphatic carbocycles. The molecule has 96 valence electrons. The molecule has 0 bridgehead atoms. The fourth-order valence-electron chi connectivity index (χ4n) is 1.12. The third-order valence-electron chi connectivity index (χ3n) is 1.98. The molecule has 1 aromatic heterocycles. The average molecular weight is 258 g/mol. The van der Waals surface area contributed by atoms with Crippen molar-refractivity contribution in [1.82, 2.24) is 4.98 Å². The molecule has 0 saturated heterocycles. The summed E-state index contributed by atoms with van der Waals surface area (Å²) < 4.78 is 10.1. The third-order valence-corrected chi connectivity index (χ3v) is 3.22. The normalized spacial score (nSPS) is 12.6. The standard InChI is InChI=1S/C11H18N2O3S/c1-15-4-5-16-7-9(14)8-17-11-2-3-13-6-10(11)12/h2-3,6,9,14H,4-5,7-8,12H2,1H3. The number of nitrogens with two attached hydrogens (primary N) is 1. The molecule has 0 spiro atoms. The van der Waals surface area contributed by atoms with Gasteiger partial charge >= 0.3 is 0 Å². The SMILES string of the molecule is COCCOCC(O)CSc1ccncc1N. The number of thioether (sulfide) groups is 1. The number of nitrogens with zero attached hydrogens (tertiary/aromatic N) is 1. The van der Waals surface area contributed by atoms with Crippen LogP contribution in [0.15, 0.2) is 23.4 Å². The second-order valence-corrected chi connectivity index (χ2v) is 4.51. The molecule has 1 rings (SSSR count). The van der Waals surface area contributed by atoms with Crippen molar-refractivity contribution in [1.29, 1.82) is 0 Å². The van der Waals surface area contributed by atoms with Gasteiger partial charge in [-0.1, -0.05) is 0 Å². The van der Waals surface area contributed by atoms with Crippen molar-refractivity contribution >= 4 is 17.4 Å². The molecule has 1 unspecified atom stereocenters. The maximum atomic E-state index is 9.66. The molecule has 0 saturated carbocycles. The molecule has 3 N–H and O–H groups in total. The minimum absolute atomic E-state index is 0.307. The summed E-state index contributed by atoms with van der Waals surface area (Å²) in [6.07, 6.45) is 2.77. The van der Waals surface area contributed by atoms with Gasteiger partial charge in [0.05, 0.1) is 37.8 Å². The number of hydrogen-bond donors (Lipinski definition) is 2. The zero-order valence-corrected chi connectivity index (χ0v) is 10.7. The van der Waals surface area contributed by atoms with Crippen molar-refractivity contribution in [3.8, 4) is 0 Å². The lowest BCUT2D eigenvalue weighted by atomic mass is 10.4. The van der Waals surface area contributed by atoms with Crippen LogP contribution in [0, 0.1) is 0 Å². The molecule has 0 fully saturated rings. The van der Waals surface area contributed by atoms with Crippen LogP contribution in [0.5, 0.6) is 0 Å². The molecule has 0 aliphatic rings. The van der Waals surface area contributed by atoms with E-state index >= 15 is 0 Å². The first kappa shape index (κ1) is 14.2. The van der Waals surface area contributed by atoms with Gasteiger partial charge in [-0.05, 0) is 6.07 Å². The number of aliphatic hydroxyl groups is 1. The van der Waals surface area contributed by atoms with Crippen LogP contribution in [0.4, 0.5) is 5.69 Å². The molecule has 0 aromatic carbocycles. The van der Waals surface area contributed by atoms with Crippen molar-refractivity contribution in [2.45, 2.75) is 11.0 Å². The second-order valence-electron chi connectivity index (χ2n) is 3.45. The van der Waals surface area contributed by atoms with Gasteiger partial charge in [0.1, 0.15) is 0 Å². The summed E-state index contributed by atoms with van der Waals surface area (Å²) in [4.78, 5) is 4.83. The van der Waals surface area contributed by atoms with E-state index in [1.54, 1.807) is 19.5 Å². The van der Waals surface area contributed by atoms with Crippen LogP contribution in [-0.2, 0) is 9.47 Å². The van der Waals surface area contributed by atoms with Crippen LogP contribution in [0.3, 0.4) is 0 Å². The third kappa shape index (κ3) is 5.88. The van der Waals surface area contributed by atoms with Gasteiger partial charge in [-0.2, -0.15) is 0 Å². The molecule has 17 heavy (non-hydrogen) atoms. The first-order chi connectivity index (χ1) is 8.24. The Hall–Kier alpha value is -0.820. The fraction of sp³-hybridized carbons (Fsp3) is 0.545. The Morgan fingerprint density at radius 3 is 3.06 bits per heavy atom. The van der Waals surface area contributed by atoms with Gasteiger partial charge in [-0.25, -0.2) is 0 Å². The molecule has 5 nitrogen and oxygen atoms in total. The van der Waals surface area contributed by atoms with E-state index in [1.165, 1.54) is 11.8 Å². The topological polar surface area (TPSA) is 77.6 Å². The number of anilines is 1. The van der Waals surface area contributed by atoms with E-state index in [0.717, 1.165) is 4.90 Å². The van der Waals surface area contributed by atoms with Crippen molar-refractivity contribution in [3.05, 3.63) is 18.5 Å². The highest BCUT2D eigenvalue weighted by Gasteiger charge is 2.07. The lowest BCUT2D eigenvalue weighted by Gasteiger charge is -2.11. The van der Waals surface area contributed by atoms with E-state index in [-0.39, 0.29) is 0 Å². The zero-order chi connectivity index (χ0) is 12.5. The highest BCUT2D eigenvalue weighted by atomic mass is 32.2. The van der Waals surface area contributed by atoms with E-state index in [2.05, 4.69) is 4.98 Å². The number of pyridine rings is 1. The van der Waals surface area contributed by atoms with Crippen molar-refractivity contribution < 1.29 is 14.6 Å². The highest BCUT2D eigenvalue weighted by molar-refractivity contribution is 7.99. The number of methoxy groups -OCH3 is 1. The van der Waals surface area contributed by atoms with Crippen molar-refractivity contribution in [2.75, 3.05) is 38.4 Å². The van der Waals surface area contributed by atoms with Gasteiger partial charge in [0.2, 0.25) is 0 Å². The van der Waals surface area contributed by atoms with Crippen LogP contribution in [0.2, 0.25) is 0 Å². The largest absolute Gasteiger partial charge is 0.397 e. The Morgan fingerprint density at radius 1 is 1.53 bits per heavy atom. The molecular weight excluding hydrogens is 240 g/mol. The Labute approximate surface area is 105 Å². The smallest absolute Gasteiger partial charge is 0.0867 e. The number of nitrogen functional groups attached to an aromatic ring is 1. The number of ether oxygens (including phenoxy) is 2. The second kappa shape index (κ2) is 8.30. The molecule has 0 aliphatic heterocycles. The van der Waals surface area contributed by atoms with E-state index in [9.17, 15) is 5.11 Å². The molecule has 1 heterocycles. The Morgan fingerprint density at radius 2 is 2.35 bits per heavy atom. The lowest BCUT2D eigenvalue weighted by Crippen LogP contribution is -2.19. The summed E-state index contributed by atoms with van der Waals surface area (Å²) in [5.74, 6) is 0.543. The Bertz CT molecular complexity index is 325. The van der Waals surface area contributed by atoms with Crippen LogP contribution in [0.25, 0.3) is 0 Å². The Kier molecular flexibility index (Phi) is 6.95. The fourth-order valence-corrected chi connectivity index (χ4v) is 1.97. The average Bonchev–Trinajstić information content (AvgIpc) is 2.34. The quantitative estimate of drug-likeness (QED) is 0.530. The van der Waals surface area contributed by atoms with Gasteiger partial charge in [-0.3, -0.25) is 4.98 Å². The van der Waals surface area contributed by atoms with Gasteiger partial charge < -0.3 is 20.3 Å². The predicted octanol–water partition coefficient (Wildman–Crippen LogP) is 0.780. The van der Waals surface area contributed by atoms with Crippen LogP contribution >= 0.6 is 11.8 Å². The monoisotopic (exact) mass is 258 g/mol. The summed E-state index contributed by atoms with van der Waals surface area (Å²) in [7, 11) is 1.61. The van der Waals surface area contributed by atoms with E-state index in [1.807, 2.05) is 6.07 Å². The minimum atomic E-state index is -0.510. The summed E-state index contributed by atoms with van der Waals surface area (Å²) in [6.45, 7) is 1.34. The van der Waals surface area contributed by atoms with Gasteiger partial charge in [-0.15, -0.1) is 11.8 Å². The van der Waals surface area contributed by atoms with E-state index < -0.39 is 6.10 Å². The maximum absolute atomic E-state index is 9.66. The van der Waals surface area contributed by atoms with Crippen LogP contribution in [-0.4, -0.2) is 48.9 Å². The summed E-state index contributed by atoms with van der Waals surface area (Å²) in [5.41, 5.74) is 6.36. The van der Waals surface area contributed by atoms with E-state index in [0.29, 0.717) is 31.3 Å². The molecular formula is C11H18N2O3S. The lowest BCUT2D eigenvalue weighted by molar-refractivity contribution is 0.0218.